The largest absolute Gasteiger partial charge is 0.380 e. The summed E-state index contributed by atoms with van der Waals surface area (Å²) in [7, 11) is 0. The van der Waals surface area contributed by atoms with Gasteiger partial charge in [0.15, 0.2) is 0 Å². The van der Waals surface area contributed by atoms with Gasteiger partial charge in [0.1, 0.15) is 0 Å². The molecule has 1 aliphatic heterocycles. The fraction of sp³-hybridized carbons (Fsp3) is 1.00. The van der Waals surface area contributed by atoms with Crippen LogP contribution in [0.5, 0.6) is 0 Å². The Bertz CT molecular complexity index is 213. The zero-order valence-corrected chi connectivity index (χ0v) is 9.58. The third-order valence-corrected chi connectivity index (χ3v) is 4.71. The van der Waals surface area contributed by atoms with Gasteiger partial charge < -0.3 is 10.1 Å². The van der Waals surface area contributed by atoms with Gasteiger partial charge in [-0.25, -0.2) is 0 Å². The number of rotatable bonds is 3. The third-order valence-electron chi connectivity index (χ3n) is 4.71. The predicted octanol–water partition coefficient (Wildman–Crippen LogP) is 2.19. The number of ether oxygens (including phenoxy) is 1. The smallest absolute Gasteiger partial charge is 0.0619 e. The summed E-state index contributed by atoms with van der Waals surface area (Å²) < 4.78 is 5.50. The minimum atomic E-state index is 0.651. The van der Waals surface area contributed by atoms with Crippen molar-refractivity contribution in [2.24, 2.45) is 17.8 Å². The van der Waals surface area contributed by atoms with Gasteiger partial charge in [-0.1, -0.05) is 6.42 Å². The van der Waals surface area contributed by atoms with Crippen LogP contribution in [0.2, 0.25) is 0 Å². The van der Waals surface area contributed by atoms with Crippen molar-refractivity contribution in [3.05, 3.63) is 0 Å². The van der Waals surface area contributed by atoms with Crippen LogP contribution in [-0.4, -0.2) is 25.8 Å². The van der Waals surface area contributed by atoms with Crippen molar-refractivity contribution in [3.8, 4) is 0 Å². The highest BCUT2D eigenvalue weighted by Crippen LogP contribution is 2.47. The van der Waals surface area contributed by atoms with E-state index in [2.05, 4.69) is 5.32 Å². The molecular weight excluding hydrogens is 186 g/mol. The van der Waals surface area contributed by atoms with E-state index in [0.717, 1.165) is 31.0 Å². The first-order valence-corrected chi connectivity index (χ1v) is 6.73. The normalized spacial score (nSPS) is 44.8. The van der Waals surface area contributed by atoms with Gasteiger partial charge in [0.25, 0.3) is 0 Å². The number of hydrogen-bond acceptors (Lipinski definition) is 2. The highest BCUT2D eigenvalue weighted by molar-refractivity contribution is 4.91. The summed E-state index contributed by atoms with van der Waals surface area (Å²) in [5.74, 6) is 3.14. The van der Waals surface area contributed by atoms with Crippen LogP contribution in [0.15, 0.2) is 0 Å². The van der Waals surface area contributed by atoms with Gasteiger partial charge in [-0.2, -0.15) is 0 Å². The van der Waals surface area contributed by atoms with Crippen LogP contribution in [0.4, 0.5) is 0 Å². The Morgan fingerprint density at radius 3 is 2.80 bits per heavy atom. The van der Waals surface area contributed by atoms with Crippen molar-refractivity contribution >= 4 is 0 Å². The Hall–Kier alpha value is -0.0800. The summed E-state index contributed by atoms with van der Waals surface area (Å²) in [5.41, 5.74) is 0. The fourth-order valence-electron chi connectivity index (χ4n) is 3.85. The molecule has 4 atom stereocenters. The van der Waals surface area contributed by atoms with Crippen molar-refractivity contribution < 1.29 is 4.74 Å². The molecule has 3 fully saturated rings. The molecular formula is C13H23NO. The lowest BCUT2D eigenvalue weighted by Crippen LogP contribution is -2.40. The van der Waals surface area contributed by atoms with Crippen LogP contribution in [0, 0.1) is 17.8 Å². The second kappa shape index (κ2) is 4.42. The van der Waals surface area contributed by atoms with Crippen molar-refractivity contribution in [2.75, 3.05) is 19.8 Å². The molecule has 1 heterocycles. The van der Waals surface area contributed by atoms with Crippen LogP contribution in [0.3, 0.4) is 0 Å². The maximum Gasteiger partial charge on any atom is 0.0619 e. The fourth-order valence-corrected chi connectivity index (χ4v) is 3.85. The number of hydrogen-bond donors (Lipinski definition) is 1. The second-order valence-electron chi connectivity index (χ2n) is 5.76. The molecule has 0 radical (unpaired) electrons. The van der Waals surface area contributed by atoms with Crippen LogP contribution >= 0.6 is 0 Å². The first-order chi connectivity index (χ1) is 7.42. The average molecular weight is 209 g/mol. The Morgan fingerprint density at radius 2 is 2.13 bits per heavy atom. The Labute approximate surface area is 92.8 Å². The molecule has 4 unspecified atom stereocenters. The van der Waals surface area contributed by atoms with Gasteiger partial charge in [0, 0.05) is 12.6 Å². The minimum absolute atomic E-state index is 0.651. The molecule has 0 amide bonds. The van der Waals surface area contributed by atoms with E-state index in [1.807, 2.05) is 0 Å². The van der Waals surface area contributed by atoms with Gasteiger partial charge >= 0.3 is 0 Å². The molecule has 2 aliphatic carbocycles. The molecule has 3 aliphatic rings. The molecule has 2 bridgehead atoms. The number of fused-ring (bicyclic) bond motifs is 2. The first-order valence-electron chi connectivity index (χ1n) is 6.73. The summed E-state index contributed by atoms with van der Waals surface area (Å²) in [6.45, 7) is 3.18. The highest BCUT2D eigenvalue weighted by atomic mass is 16.5. The third kappa shape index (κ3) is 2.21. The van der Waals surface area contributed by atoms with E-state index >= 15 is 0 Å². The molecule has 0 aromatic rings. The molecule has 2 nitrogen and oxygen atoms in total. The monoisotopic (exact) mass is 209 g/mol. The second-order valence-corrected chi connectivity index (χ2v) is 5.76. The van der Waals surface area contributed by atoms with Gasteiger partial charge in [-0.15, -0.1) is 0 Å². The van der Waals surface area contributed by atoms with E-state index < -0.39 is 0 Å². The average Bonchev–Trinajstić information content (AvgIpc) is 2.89. The van der Waals surface area contributed by atoms with Crippen molar-refractivity contribution in [3.63, 3.8) is 0 Å². The zero-order valence-electron chi connectivity index (χ0n) is 9.58. The lowest BCUT2D eigenvalue weighted by Gasteiger charge is -2.27. The molecule has 3 rings (SSSR count). The topological polar surface area (TPSA) is 21.3 Å². The van der Waals surface area contributed by atoms with Gasteiger partial charge in [0.2, 0.25) is 0 Å². The maximum absolute atomic E-state index is 5.50. The highest BCUT2D eigenvalue weighted by Gasteiger charge is 2.39. The van der Waals surface area contributed by atoms with Gasteiger partial charge in [-0.3, -0.25) is 0 Å². The molecule has 2 saturated carbocycles. The summed E-state index contributed by atoms with van der Waals surface area (Å²) in [4.78, 5) is 0. The summed E-state index contributed by atoms with van der Waals surface area (Å²) in [6, 6.07) is 0.651. The van der Waals surface area contributed by atoms with Crippen molar-refractivity contribution in [2.45, 2.75) is 44.6 Å². The summed E-state index contributed by atoms with van der Waals surface area (Å²) in [6.07, 6.45) is 8.64. The summed E-state index contributed by atoms with van der Waals surface area (Å²) in [5, 5.41) is 3.72. The molecule has 0 aromatic heterocycles. The minimum Gasteiger partial charge on any atom is -0.380 e. The van der Waals surface area contributed by atoms with Gasteiger partial charge in [-0.05, 0) is 56.4 Å². The Balaban J connectivity index is 1.42. The van der Waals surface area contributed by atoms with E-state index in [4.69, 9.17) is 4.74 Å². The van der Waals surface area contributed by atoms with Gasteiger partial charge in [0.05, 0.1) is 6.61 Å². The van der Waals surface area contributed by atoms with E-state index in [9.17, 15) is 0 Å². The predicted molar refractivity (Wildman–Crippen MR) is 60.8 cm³/mol. The standard InChI is InChI=1S/C13H23NO/c1-2-13(9-15-5-1)14-8-12-7-10-3-4-11(12)6-10/h10-14H,1-9H2. The Kier molecular flexibility index (Phi) is 2.98. The molecule has 1 N–H and O–H groups in total. The molecule has 86 valence electrons. The summed E-state index contributed by atoms with van der Waals surface area (Å²) >= 11 is 0. The quantitative estimate of drug-likeness (QED) is 0.769. The molecule has 1 saturated heterocycles. The zero-order chi connectivity index (χ0) is 10.1. The maximum atomic E-state index is 5.50. The van der Waals surface area contributed by atoms with Crippen molar-refractivity contribution in [1.29, 1.82) is 0 Å². The molecule has 2 heteroatoms. The molecule has 15 heavy (non-hydrogen) atoms. The van der Waals surface area contributed by atoms with Crippen LogP contribution in [-0.2, 0) is 4.74 Å². The van der Waals surface area contributed by atoms with E-state index in [1.165, 1.54) is 45.1 Å². The van der Waals surface area contributed by atoms with Crippen LogP contribution < -0.4 is 5.32 Å². The number of nitrogens with one attached hydrogen (secondary N) is 1. The van der Waals surface area contributed by atoms with E-state index in [0.29, 0.717) is 6.04 Å². The SMILES string of the molecule is C1COCC(NCC2CC3CCC2C3)C1. The molecule has 0 aromatic carbocycles. The van der Waals surface area contributed by atoms with Crippen LogP contribution in [0.25, 0.3) is 0 Å². The van der Waals surface area contributed by atoms with Crippen molar-refractivity contribution in [1.82, 2.24) is 5.32 Å². The molecule has 0 spiro atoms. The first kappa shape index (κ1) is 10.1. The lowest BCUT2D eigenvalue weighted by molar-refractivity contribution is 0.0679. The lowest BCUT2D eigenvalue weighted by atomic mass is 9.88. The van der Waals surface area contributed by atoms with Crippen LogP contribution in [0.1, 0.15) is 38.5 Å². The van der Waals surface area contributed by atoms with E-state index in [1.54, 1.807) is 0 Å². The Morgan fingerprint density at radius 1 is 1.13 bits per heavy atom. The van der Waals surface area contributed by atoms with E-state index in [-0.39, 0.29) is 0 Å².